The van der Waals surface area contributed by atoms with Crippen LogP contribution in [0.15, 0.2) is 48.5 Å². The van der Waals surface area contributed by atoms with E-state index in [0.717, 1.165) is 11.1 Å². The topological polar surface area (TPSA) is 60.9 Å². The molecule has 0 saturated carbocycles. The first-order valence-corrected chi connectivity index (χ1v) is 11.3. The Morgan fingerprint density at radius 1 is 1.10 bits per heavy atom. The second kappa shape index (κ2) is 9.60. The highest BCUT2D eigenvalue weighted by Gasteiger charge is 2.52. The van der Waals surface area contributed by atoms with Gasteiger partial charge in [-0.1, -0.05) is 68.2 Å². The predicted octanol–water partition coefficient (Wildman–Crippen LogP) is 5.79. The third-order valence-electron chi connectivity index (χ3n) is 6.10. The number of hydrogen-bond acceptors (Lipinski definition) is 3. The normalized spacial score (nSPS) is 23.9. The molecular weight excluding hydrogens is 435 g/mol. The molecule has 1 aliphatic rings. The lowest BCUT2D eigenvalue weighted by molar-refractivity contribution is -0.180. The fraction of sp³-hybridized carbons (Fsp3) is 0.417. The summed E-state index contributed by atoms with van der Waals surface area (Å²) in [7, 11) is 0. The summed E-state index contributed by atoms with van der Waals surface area (Å²) < 4.78 is 0. The van der Waals surface area contributed by atoms with Gasteiger partial charge in [-0.25, -0.2) is 5.01 Å². The Morgan fingerprint density at radius 3 is 2.29 bits per heavy atom. The molecule has 0 spiro atoms. The van der Waals surface area contributed by atoms with Gasteiger partial charge in [0.2, 0.25) is 5.91 Å². The van der Waals surface area contributed by atoms with E-state index in [-0.39, 0.29) is 24.3 Å². The number of nitrogens with zero attached hydrogens (tertiary/aromatic N) is 2. The van der Waals surface area contributed by atoms with Crippen molar-refractivity contribution in [3.8, 4) is 0 Å². The number of carboxylic acid groups (broad SMARTS) is 1. The molecule has 5 nitrogen and oxygen atoms in total. The lowest BCUT2D eigenvalue weighted by Gasteiger charge is -2.52. The molecule has 1 N–H and O–H groups in total. The first-order valence-electron chi connectivity index (χ1n) is 10.5. The molecule has 2 aromatic carbocycles. The molecule has 7 heteroatoms. The molecule has 1 saturated heterocycles. The van der Waals surface area contributed by atoms with Crippen LogP contribution in [-0.4, -0.2) is 40.1 Å². The molecule has 0 aliphatic carbocycles. The lowest BCUT2D eigenvalue weighted by Crippen LogP contribution is -2.59. The van der Waals surface area contributed by atoms with Crippen LogP contribution in [0.4, 0.5) is 0 Å². The number of aliphatic carboxylic acids is 1. The van der Waals surface area contributed by atoms with Gasteiger partial charge in [0.05, 0.1) is 17.9 Å². The summed E-state index contributed by atoms with van der Waals surface area (Å²) in [6.45, 7) is 6.99. The molecule has 1 heterocycles. The summed E-state index contributed by atoms with van der Waals surface area (Å²) in [5, 5.41) is 14.6. The van der Waals surface area contributed by atoms with Crippen molar-refractivity contribution >= 4 is 35.1 Å². The van der Waals surface area contributed by atoms with Gasteiger partial charge >= 0.3 is 5.97 Å². The Hall–Kier alpha value is -2.08. The quantitative estimate of drug-likeness (QED) is 0.565. The lowest BCUT2D eigenvalue weighted by atomic mass is 9.68. The van der Waals surface area contributed by atoms with Gasteiger partial charge in [-0.05, 0) is 41.8 Å². The molecule has 0 aromatic heterocycles. The first kappa shape index (κ1) is 23.6. The number of piperidine rings is 1. The van der Waals surface area contributed by atoms with Crippen molar-refractivity contribution in [2.24, 2.45) is 5.41 Å². The molecular formula is C24H28Cl2N2O3. The third kappa shape index (κ3) is 4.89. The van der Waals surface area contributed by atoms with E-state index in [1.165, 1.54) is 0 Å². The van der Waals surface area contributed by atoms with Gasteiger partial charge in [0.1, 0.15) is 0 Å². The molecule has 3 atom stereocenters. The summed E-state index contributed by atoms with van der Waals surface area (Å²) in [5.74, 6) is -1.29. The first-order chi connectivity index (χ1) is 14.7. The second-order valence-electron chi connectivity index (χ2n) is 8.28. The monoisotopic (exact) mass is 462 g/mol. The number of rotatable bonds is 7. The third-order valence-corrected chi connectivity index (χ3v) is 6.59. The SMILES string of the molecule is CCN(CC)N1C(=O)[C@](C)(CC(=O)O)C[C@H](c2cccc(Cl)c2)[C@H]1c1ccc(Cl)cc1. The molecule has 2 aromatic rings. The molecule has 0 bridgehead atoms. The number of carbonyl (C=O) groups excluding carboxylic acids is 1. The Kier molecular flexibility index (Phi) is 7.30. The average molecular weight is 463 g/mol. The molecule has 0 radical (unpaired) electrons. The summed E-state index contributed by atoms with van der Waals surface area (Å²) in [5.41, 5.74) is 0.894. The number of amides is 1. The van der Waals surface area contributed by atoms with Crippen molar-refractivity contribution in [1.82, 2.24) is 10.0 Å². The van der Waals surface area contributed by atoms with Gasteiger partial charge in [0, 0.05) is 29.1 Å². The van der Waals surface area contributed by atoms with E-state index >= 15 is 0 Å². The zero-order valence-corrected chi connectivity index (χ0v) is 19.5. The second-order valence-corrected chi connectivity index (χ2v) is 9.15. The molecule has 1 amide bonds. The Labute approximate surface area is 193 Å². The van der Waals surface area contributed by atoms with Gasteiger partial charge < -0.3 is 5.11 Å². The van der Waals surface area contributed by atoms with Crippen molar-refractivity contribution in [2.45, 2.75) is 45.6 Å². The van der Waals surface area contributed by atoms with Crippen LogP contribution in [0.25, 0.3) is 0 Å². The van der Waals surface area contributed by atoms with Crippen LogP contribution >= 0.6 is 23.2 Å². The van der Waals surface area contributed by atoms with Crippen molar-refractivity contribution in [3.63, 3.8) is 0 Å². The van der Waals surface area contributed by atoms with Crippen LogP contribution in [0.3, 0.4) is 0 Å². The van der Waals surface area contributed by atoms with Crippen molar-refractivity contribution in [2.75, 3.05) is 13.1 Å². The molecule has 166 valence electrons. The number of hydrogen-bond donors (Lipinski definition) is 1. The Morgan fingerprint density at radius 2 is 1.74 bits per heavy atom. The van der Waals surface area contributed by atoms with Crippen molar-refractivity contribution < 1.29 is 14.7 Å². The highest BCUT2D eigenvalue weighted by atomic mass is 35.5. The van der Waals surface area contributed by atoms with Crippen LogP contribution in [-0.2, 0) is 9.59 Å². The Balaban J connectivity index is 2.22. The Bertz CT molecular complexity index is 946. The van der Waals surface area contributed by atoms with E-state index < -0.39 is 11.4 Å². The van der Waals surface area contributed by atoms with Crippen LogP contribution in [0.1, 0.15) is 56.7 Å². The summed E-state index contributed by atoms with van der Waals surface area (Å²) in [4.78, 5) is 25.5. The van der Waals surface area contributed by atoms with Gasteiger partial charge in [0.15, 0.2) is 0 Å². The minimum absolute atomic E-state index is 0.137. The maximum Gasteiger partial charge on any atom is 0.304 e. The fourth-order valence-electron chi connectivity index (χ4n) is 4.64. The maximum atomic E-state index is 13.8. The predicted molar refractivity (Wildman–Crippen MR) is 123 cm³/mol. The maximum absolute atomic E-state index is 13.8. The van der Waals surface area contributed by atoms with Crippen LogP contribution < -0.4 is 0 Å². The van der Waals surface area contributed by atoms with E-state index in [1.807, 2.05) is 67.4 Å². The zero-order chi connectivity index (χ0) is 22.8. The van der Waals surface area contributed by atoms with E-state index in [1.54, 1.807) is 11.9 Å². The smallest absolute Gasteiger partial charge is 0.304 e. The van der Waals surface area contributed by atoms with Crippen LogP contribution in [0.2, 0.25) is 10.0 Å². The van der Waals surface area contributed by atoms with Crippen molar-refractivity contribution in [1.29, 1.82) is 0 Å². The van der Waals surface area contributed by atoms with Gasteiger partial charge in [0.25, 0.3) is 0 Å². The number of carbonyl (C=O) groups is 2. The summed E-state index contributed by atoms with van der Waals surface area (Å²) in [6, 6.07) is 14.8. The molecule has 1 fully saturated rings. The fourth-order valence-corrected chi connectivity index (χ4v) is 4.97. The number of halogens is 2. The zero-order valence-electron chi connectivity index (χ0n) is 18.0. The van der Waals surface area contributed by atoms with Gasteiger partial charge in [-0.3, -0.25) is 14.6 Å². The highest BCUT2D eigenvalue weighted by Crippen LogP contribution is 2.51. The summed E-state index contributed by atoms with van der Waals surface area (Å²) >= 11 is 12.4. The van der Waals surface area contributed by atoms with E-state index in [4.69, 9.17) is 23.2 Å². The number of hydrazine groups is 1. The number of carboxylic acids is 1. The van der Waals surface area contributed by atoms with E-state index in [9.17, 15) is 14.7 Å². The van der Waals surface area contributed by atoms with Gasteiger partial charge in [-0.2, -0.15) is 0 Å². The number of benzene rings is 2. The standard InChI is InChI=1S/C24H28Cl2N2O3/c1-4-27(5-2)28-22(16-9-11-18(25)12-10-16)20(17-7-6-8-19(26)13-17)14-24(3,23(28)31)15-21(29)30/h6-13,20,22H,4-5,14-15H2,1-3H3,(H,29,30)/t20-,22-,24+/m1/s1. The van der Waals surface area contributed by atoms with Crippen LogP contribution in [0.5, 0.6) is 0 Å². The van der Waals surface area contributed by atoms with Gasteiger partial charge in [-0.15, -0.1) is 0 Å². The average Bonchev–Trinajstić information content (AvgIpc) is 2.72. The largest absolute Gasteiger partial charge is 0.481 e. The van der Waals surface area contributed by atoms with E-state index in [2.05, 4.69) is 0 Å². The summed E-state index contributed by atoms with van der Waals surface area (Å²) in [6.07, 6.45) is 0.178. The van der Waals surface area contributed by atoms with E-state index in [0.29, 0.717) is 29.6 Å². The highest BCUT2D eigenvalue weighted by molar-refractivity contribution is 6.30. The minimum atomic E-state index is -1.04. The molecule has 31 heavy (non-hydrogen) atoms. The minimum Gasteiger partial charge on any atom is -0.481 e. The molecule has 0 unspecified atom stereocenters. The van der Waals surface area contributed by atoms with Crippen LogP contribution in [0, 0.1) is 5.41 Å². The van der Waals surface area contributed by atoms with Crippen molar-refractivity contribution in [3.05, 3.63) is 69.7 Å². The molecule has 3 rings (SSSR count). The molecule has 1 aliphatic heterocycles.